The van der Waals surface area contributed by atoms with E-state index >= 15 is 4.39 Å². The lowest BCUT2D eigenvalue weighted by Crippen LogP contribution is -2.44. The van der Waals surface area contributed by atoms with Crippen molar-refractivity contribution in [1.82, 2.24) is 24.8 Å². The summed E-state index contributed by atoms with van der Waals surface area (Å²) in [7, 11) is 0. The fraction of sp³-hybridized carbons (Fsp3) is 0.571. The van der Waals surface area contributed by atoms with Crippen molar-refractivity contribution in [3.8, 4) is 23.3 Å². The fourth-order valence-electron chi connectivity index (χ4n) is 7.15. The van der Waals surface area contributed by atoms with Gasteiger partial charge in [0.2, 0.25) is 5.88 Å². The maximum Gasteiger partial charge on any atom is 0.418 e. The van der Waals surface area contributed by atoms with E-state index in [9.17, 15) is 13.2 Å². The number of nitrogens with two attached hydrogens (primary N) is 1. The molecule has 1 unspecified atom stereocenters. The second-order valence-electron chi connectivity index (χ2n) is 11.6. The monoisotopic (exact) mass is 573 g/mol. The van der Waals surface area contributed by atoms with Gasteiger partial charge in [-0.1, -0.05) is 0 Å². The normalized spacial score (nSPS) is 21.9. The van der Waals surface area contributed by atoms with Crippen LogP contribution in [0.1, 0.15) is 56.1 Å². The van der Waals surface area contributed by atoms with Crippen LogP contribution in [0.5, 0.6) is 11.9 Å². The molecular formula is C28H31F4N7O2. The number of alkyl halides is 3. The highest BCUT2D eigenvalue weighted by Gasteiger charge is 2.45. The van der Waals surface area contributed by atoms with Crippen molar-refractivity contribution in [3.05, 3.63) is 23.0 Å². The second-order valence-corrected chi connectivity index (χ2v) is 11.6. The van der Waals surface area contributed by atoms with Crippen LogP contribution in [0.4, 0.5) is 29.2 Å². The third kappa shape index (κ3) is 4.31. The van der Waals surface area contributed by atoms with Gasteiger partial charge in [-0.25, -0.2) is 14.4 Å². The molecule has 0 aromatic carbocycles. The minimum Gasteiger partial charge on any atom is -0.475 e. The summed E-state index contributed by atoms with van der Waals surface area (Å²) in [5.74, 6) is -0.834. The van der Waals surface area contributed by atoms with Gasteiger partial charge in [0.25, 0.3) is 0 Å². The predicted octanol–water partition coefficient (Wildman–Crippen LogP) is 4.89. The van der Waals surface area contributed by atoms with Crippen molar-refractivity contribution in [1.29, 1.82) is 0 Å². The van der Waals surface area contributed by atoms with Crippen molar-refractivity contribution in [3.63, 3.8) is 0 Å². The van der Waals surface area contributed by atoms with Crippen LogP contribution in [0.25, 0.3) is 22.3 Å². The molecule has 0 saturated carbocycles. The highest BCUT2D eigenvalue weighted by Crippen LogP contribution is 2.45. The number of anilines is 2. The number of halogens is 4. The van der Waals surface area contributed by atoms with E-state index in [0.29, 0.717) is 19.0 Å². The molecule has 1 atom stereocenters. The van der Waals surface area contributed by atoms with Crippen molar-refractivity contribution in [2.45, 2.75) is 69.6 Å². The number of aromatic nitrogens is 4. The number of rotatable bonds is 4. The highest BCUT2D eigenvalue weighted by atomic mass is 19.4. The van der Waals surface area contributed by atoms with Crippen LogP contribution in [0.2, 0.25) is 0 Å². The molecular weight excluding hydrogens is 542 g/mol. The Labute approximate surface area is 234 Å². The van der Waals surface area contributed by atoms with Crippen LogP contribution >= 0.6 is 0 Å². The summed E-state index contributed by atoms with van der Waals surface area (Å²) < 4.78 is 71.3. The van der Waals surface area contributed by atoms with E-state index in [2.05, 4.69) is 24.8 Å². The number of hydrogen-bond acceptors (Lipinski definition) is 9. The maximum absolute atomic E-state index is 16.5. The predicted molar refractivity (Wildman–Crippen MR) is 143 cm³/mol. The SMILES string of the molecule is Cc1cc(N)nc(-c2nc3c4c(nc(OCC56CCCN5CCC6)nc4c2F)N2CCCCC2CO3)c1C(F)(F)F. The lowest BCUT2D eigenvalue weighted by atomic mass is 9.95. The Morgan fingerprint density at radius 3 is 2.59 bits per heavy atom. The maximum atomic E-state index is 16.5. The average Bonchev–Trinajstić information content (AvgIpc) is 3.46. The molecule has 0 amide bonds. The molecule has 2 N–H and O–H groups in total. The Morgan fingerprint density at radius 1 is 1.05 bits per heavy atom. The van der Waals surface area contributed by atoms with Crippen molar-refractivity contribution >= 4 is 22.5 Å². The average molecular weight is 574 g/mol. The minimum atomic E-state index is -4.82. The van der Waals surface area contributed by atoms with E-state index in [1.54, 1.807) is 0 Å². The number of hydrogen-bond donors (Lipinski definition) is 1. The minimum absolute atomic E-state index is 0.0124. The molecule has 4 aliphatic heterocycles. The molecule has 0 radical (unpaired) electrons. The van der Waals surface area contributed by atoms with Gasteiger partial charge in [-0.3, -0.25) is 4.90 Å². The molecule has 41 heavy (non-hydrogen) atoms. The quantitative estimate of drug-likeness (QED) is 0.437. The van der Waals surface area contributed by atoms with E-state index in [-0.39, 0.29) is 52.4 Å². The lowest BCUT2D eigenvalue weighted by Gasteiger charge is -2.35. The van der Waals surface area contributed by atoms with Gasteiger partial charge < -0.3 is 20.1 Å². The molecule has 4 aliphatic rings. The molecule has 3 aromatic rings. The summed E-state index contributed by atoms with van der Waals surface area (Å²) in [4.78, 5) is 21.9. The molecule has 7 rings (SSSR count). The molecule has 0 aliphatic carbocycles. The summed E-state index contributed by atoms with van der Waals surface area (Å²) >= 11 is 0. The summed E-state index contributed by atoms with van der Waals surface area (Å²) in [6, 6.07) is 1.05. The van der Waals surface area contributed by atoms with Gasteiger partial charge in [-0.05, 0) is 76.6 Å². The van der Waals surface area contributed by atoms with E-state index in [0.717, 1.165) is 64.1 Å². The van der Waals surface area contributed by atoms with E-state index in [4.69, 9.17) is 20.2 Å². The lowest BCUT2D eigenvalue weighted by molar-refractivity contribution is -0.137. The van der Waals surface area contributed by atoms with E-state index in [1.165, 1.54) is 6.92 Å². The Morgan fingerprint density at radius 2 is 1.83 bits per heavy atom. The van der Waals surface area contributed by atoms with Gasteiger partial charge in [0.05, 0.1) is 17.1 Å². The van der Waals surface area contributed by atoms with Crippen LogP contribution in [0.15, 0.2) is 6.07 Å². The van der Waals surface area contributed by atoms with Crippen LogP contribution in [0.3, 0.4) is 0 Å². The molecule has 7 heterocycles. The second kappa shape index (κ2) is 9.53. The van der Waals surface area contributed by atoms with Crippen LogP contribution < -0.4 is 20.1 Å². The zero-order valence-electron chi connectivity index (χ0n) is 22.7. The van der Waals surface area contributed by atoms with Crippen molar-refractivity contribution in [2.75, 3.05) is 43.5 Å². The number of aryl methyl sites for hydroxylation is 1. The summed E-state index contributed by atoms with van der Waals surface area (Å²) in [6.07, 6.45) is 2.09. The van der Waals surface area contributed by atoms with Crippen molar-refractivity contribution < 1.29 is 27.0 Å². The first kappa shape index (κ1) is 26.4. The summed E-state index contributed by atoms with van der Waals surface area (Å²) in [5, 5.41) is 0.221. The van der Waals surface area contributed by atoms with Crippen LogP contribution in [0, 0.1) is 12.7 Å². The molecule has 3 aromatic heterocycles. The molecule has 218 valence electrons. The highest BCUT2D eigenvalue weighted by molar-refractivity contribution is 5.97. The van der Waals surface area contributed by atoms with Gasteiger partial charge >= 0.3 is 12.2 Å². The zero-order chi connectivity index (χ0) is 28.5. The number of fused-ring (bicyclic) bond motifs is 3. The van der Waals surface area contributed by atoms with Crippen LogP contribution in [-0.2, 0) is 6.18 Å². The third-order valence-corrected chi connectivity index (χ3v) is 9.05. The first-order valence-electron chi connectivity index (χ1n) is 14.2. The molecule has 0 spiro atoms. The number of piperidine rings is 1. The molecule has 13 heteroatoms. The Hall–Kier alpha value is -3.48. The molecule has 9 nitrogen and oxygen atoms in total. The number of nitrogens with zero attached hydrogens (tertiary/aromatic N) is 6. The smallest absolute Gasteiger partial charge is 0.418 e. The first-order valence-corrected chi connectivity index (χ1v) is 14.2. The van der Waals surface area contributed by atoms with Gasteiger partial charge in [-0.2, -0.15) is 23.1 Å². The largest absolute Gasteiger partial charge is 0.475 e. The number of nitrogen functional groups attached to an aromatic ring is 1. The van der Waals surface area contributed by atoms with Crippen molar-refractivity contribution in [2.24, 2.45) is 0 Å². The fourth-order valence-corrected chi connectivity index (χ4v) is 7.15. The van der Waals surface area contributed by atoms with Gasteiger partial charge in [-0.15, -0.1) is 0 Å². The summed E-state index contributed by atoms with van der Waals surface area (Å²) in [5.41, 5.74) is 2.90. The Bertz CT molecular complexity index is 1520. The Kier molecular flexibility index (Phi) is 6.14. The third-order valence-electron chi connectivity index (χ3n) is 9.05. The summed E-state index contributed by atoms with van der Waals surface area (Å²) in [6.45, 7) is 4.55. The van der Waals surface area contributed by atoms with Crippen LogP contribution in [-0.4, -0.2) is 69.3 Å². The molecule has 3 fully saturated rings. The van der Waals surface area contributed by atoms with Gasteiger partial charge in [0.1, 0.15) is 47.1 Å². The number of pyridine rings is 2. The number of ether oxygens (including phenoxy) is 2. The van der Waals surface area contributed by atoms with Gasteiger partial charge in [0.15, 0.2) is 5.82 Å². The molecule has 3 saturated heterocycles. The zero-order valence-corrected chi connectivity index (χ0v) is 22.7. The van der Waals surface area contributed by atoms with Gasteiger partial charge in [0, 0.05) is 6.54 Å². The molecule has 0 bridgehead atoms. The van der Waals surface area contributed by atoms with E-state index in [1.807, 2.05) is 0 Å². The topological polar surface area (TPSA) is 103 Å². The standard InChI is InChI=1S/C28H31F4N7O2/c1-15-12-17(33)34-22(19(15)28(30,31)32)23-20(29)21-18-24(39-11-3-2-6-16(39)13-40-25(18)35-23)37-26(36-21)41-14-27-7-4-9-38(27)10-5-8-27/h12,16H,2-11,13-14H2,1H3,(H2,33,34). The Balaban J connectivity index is 1.41. The first-order chi connectivity index (χ1) is 19.6. The van der Waals surface area contributed by atoms with E-state index < -0.39 is 28.9 Å².